The van der Waals surface area contributed by atoms with Crippen molar-refractivity contribution in [1.29, 1.82) is 0 Å². The van der Waals surface area contributed by atoms with Gasteiger partial charge in [0.15, 0.2) is 11.5 Å². The lowest BCUT2D eigenvalue weighted by molar-refractivity contribution is 0.0690. The van der Waals surface area contributed by atoms with Gasteiger partial charge in [-0.25, -0.2) is 14.8 Å². The second-order valence-corrected chi connectivity index (χ2v) is 7.55. The Morgan fingerprint density at radius 3 is 2.48 bits per heavy atom. The quantitative estimate of drug-likeness (QED) is 0.666. The van der Waals surface area contributed by atoms with Gasteiger partial charge in [-0.05, 0) is 32.9 Å². The third-order valence-electron chi connectivity index (χ3n) is 5.49. The van der Waals surface area contributed by atoms with Crippen molar-refractivity contribution < 1.29 is 14.6 Å². The summed E-state index contributed by atoms with van der Waals surface area (Å²) in [6.45, 7) is 8.30. The maximum atomic E-state index is 11.0. The van der Waals surface area contributed by atoms with Crippen LogP contribution >= 0.6 is 0 Å². The first-order valence-electron chi connectivity index (χ1n) is 10.1. The minimum absolute atomic E-state index is 0.0609. The van der Waals surface area contributed by atoms with Crippen molar-refractivity contribution in [3.63, 3.8) is 0 Å². The smallest absolute Gasteiger partial charge is 0.356 e. The molecule has 9 heteroatoms. The Hall–Kier alpha value is -3.75. The van der Waals surface area contributed by atoms with Crippen molar-refractivity contribution in [3.05, 3.63) is 59.5 Å². The van der Waals surface area contributed by atoms with Crippen LogP contribution in [-0.4, -0.2) is 56.9 Å². The summed E-state index contributed by atoms with van der Waals surface area (Å²) < 4.78 is 5.90. The van der Waals surface area contributed by atoms with Gasteiger partial charge in [0, 0.05) is 36.8 Å². The summed E-state index contributed by atoms with van der Waals surface area (Å²) in [5.74, 6) is 1.66. The van der Waals surface area contributed by atoms with Crippen LogP contribution in [-0.2, 0) is 0 Å². The van der Waals surface area contributed by atoms with E-state index >= 15 is 0 Å². The van der Waals surface area contributed by atoms with Gasteiger partial charge in [0.05, 0.1) is 12.4 Å². The summed E-state index contributed by atoms with van der Waals surface area (Å²) in [5, 5.41) is 17.8. The van der Waals surface area contributed by atoms with Crippen LogP contribution in [0.2, 0.25) is 0 Å². The molecule has 1 aromatic carbocycles. The number of para-hydroxylation sites is 1. The largest absolute Gasteiger partial charge is 0.476 e. The lowest BCUT2D eigenvalue weighted by Crippen LogP contribution is -2.53. The molecule has 1 N–H and O–H groups in total. The molecule has 1 atom stereocenters. The van der Waals surface area contributed by atoms with E-state index < -0.39 is 5.97 Å². The average molecular weight is 420 g/mol. The van der Waals surface area contributed by atoms with Crippen molar-refractivity contribution in [2.75, 3.05) is 29.4 Å². The lowest BCUT2D eigenvalue weighted by atomic mass is 10.1. The van der Waals surface area contributed by atoms with Gasteiger partial charge in [-0.15, -0.1) is 10.2 Å². The van der Waals surface area contributed by atoms with Crippen LogP contribution in [0.5, 0.6) is 11.6 Å². The molecular formula is C22H24N6O3. The molecule has 3 heterocycles. The first-order chi connectivity index (χ1) is 14.9. The molecular weight excluding hydrogens is 396 g/mol. The fourth-order valence-corrected chi connectivity index (χ4v) is 3.64. The van der Waals surface area contributed by atoms with Crippen LogP contribution in [0, 0.1) is 13.8 Å². The molecule has 160 valence electrons. The van der Waals surface area contributed by atoms with Gasteiger partial charge in [-0.1, -0.05) is 18.2 Å². The Balaban J connectivity index is 1.48. The van der Waals surface area contributed by atoms with Gasteiger partial charge in [0.25, 0.3) is 0 Å². The van der Waals surface area contributed by atoms with Crippen molar-refractivity contribution in [2.45, 2.75) is 26.8 Å². The number of carbonyl (C=O) groups is 1. The maximum absolute atomic E-state index is 11.0. The molecule has 1 fully saturated rings. The zero-order valence-corrected chi connectivity index (χ0v) is 17.7. The second-order valence-electron chi connectivity index (χ2n) is 7.55. The van der Waals surface area contributed by atoms with E-state index in [0.29, 0.717) is 18.2 Å². The van der Waals surface area contributed by atoms with E-state index in [2.05, 4.69) is 36.9 Å². The second kappa shape index (κ2) is 8.55. The Morgan fingerprint density at radius 1 is 1.06 bits per heavy atom. The van der Waals surface area contributed by atoms with Crippen molar-refractivity contribution in [3.8, 4) is 11.6 Å². The van der Waals surface area contributed by atoms with Crippen LogP contribution in [0.3, 0.4) is 0 Å². The first kappa shape index (κ1) is 20.5. The van der Waals surface area contributed by atoms with Gasteiger partial charge in [0.2, 0.25) is 5.88 Å². The van der Waals surface area contributed by atoms with E-state index in [-0.39, 0.29) is 11.7 Å². The van der Waals surface area contributed by atoms with E-state index in [4.69, 9.17) is 9.84 Å². The number of nitrogens with zero attached hydrogens (tertiary/aromatic N) is 6. The molecule has 31 heavy (non-hydrogen) atoms. The molecule has 1 saturated heterocycles. The number of aromatic carboxylic acids is 1. The molecule has 0 amide bonds. The standard InChI is InChI=1S/C22H24N6O3/c1-14-13-27(9-10-28(14)19-12-23-18(11-24-19)22(29)30)20-15(2)16(3)21(26-25-20)31-17-7-5-4-6-8-17/h4-8,11-12,14H,9-10,13H2,1-3H3,(H,29,30)/t14-/m1/s1. The zero-order chi connectivity index (χ0) is 22.0. The number of ether oxygens (including phenoxy) is 1. The highest BCUT2D eigenvalue weighted by molar-refractivity contribution is 5.84. The van der Waals surface area contributed by atoms with Crippen LogP contribution in [0.15, 0.2) is 42.7 Å². The number of carboxylic acids is 1. The highest BCUT2D eigenvalue weighted by Crippen LogP contribution is 2.30. The Kier molecular flexibility index (Phi) is 5.66. The molecule has 0 saturated carbocycles. The minimum atomic E-state index is -1.08. The average Bonchev–Trinajstić information content (AvgIpc) is 2.78. The molecule has 0 radical (unpaired) electrons. The number of hydrogen-bond donors (Lipinski definition) is 1. The van der Waals surface area contributed by atoms with E-state index in [9.17, 15) is 4.79 Å². The minimum Gasteiger partial charge on any atom is -0.476 e. The Bertz CT molecular complexity index is 1070. The predicted molar refractivity (Wildman–Crippen MR) is 116 cm³/mol. The van der Waals surface area contributed by atoms with Crippen molar-refractivity contribution in [2.24, 2.45) is 0 Å². The number of anilines is 2. The SMILES string of the molecule is Cc1c(Oc2ccccc2)nnc(N2CCN(c3cnc(C(=O)O)cn3)[C@H](C)C2)c1C. The summed E-state index contributed by atoms with van der Waals surface area (Å²) in [5.41, 5.74) is 1.93. The van der Waals surface area contributed by atoms with Gasteiger partial charge >= 0.3 is 5.97 Å². The number of benzene rings is 1. The number of piperazine rings is 1. The molecule has 0 bridgehead atoms. The van der Waals surface area contributed by atoms with Gasteiger partial charge in [-0.3, -0.25) is 0 Å². The highest BCUT2D eigenvalue weighted by atomic mass is 16.5. The van der Waals surface area contributed by atoms with E-state index in [1.54, 1.807) is 0 Å². The third kappa shape index (κ3) is 4.25. The molecule has 2 aromatic heterocycles. The fourth-order valence-electron chi connectivity index (χ4n) is 3.64. The summed E-state index contributed by atoms with van der Waals surface area (Å²) in [4.78, 5) is 23.6. The van der Waals surface area contributed by atoms with Crippen LogP contribution in [0.25, 0.3) is 0 Å². The van der Waals surface area contributed by atoms with Crippen molar-refractivity contribution >= 4 is 17.6 Å². The zero-order valence-electron chi connectivity index (χ0n) is 17.7. The monoisotopic (exact) mass is 420 g/mol. The van der Waals surface area contributed by atoms with Crippen LogP contribution in [0.1, 0.15) is 28.5 Å². The first-order valence-corrected chi connectivity index (χ1v) is 10.1. The van der Waals surface area contributed by atoms with Crippen molar-refractivity contribution in [1.82, 2.24) is 20.2 Å². The third-order valence-corrected chi connectivity index (χ3v) is 5.49. The number of rotatable bonds is 5. The number of carboxylic acid groups (broad SMARTS) is 1. The molecule has 1 aliphatic heterocycles. The molecule has 4 rings (SSSR count). The van der Waals surface area contributed by atoms with E-state index in [1.807, 2.05) is 44.2 Å². The molecule has 0 spiro atoms. The molecule has 0 unspecified atom stereocenters. The highest BCUT2D eigenvalue weighted by Gasteiger charge is 2.28. The Morgan fingerprint density at radius 2 is 1.84 bits per heavy atom. The molecule has 3 aromatic rings. The topological polar surface area (TPSA) is 105 Å². The summed E-state index contributed by atoms with van der Waals surface area (Å²) in [7, 11) is 0. The van der Waals surface area contributed by atoms with Gasteiger partial charge in [-0.2, -0.15) is 0 Å². The van der Waals surface area contributed by atoms with Crippen LogP contribution in [0.4, 0.5) is 11.6 Å². The summed E-state index contributed by atoms with van der Waals surface area (Å²) in [6, 6.07) is 9.68. The summed E-state index contributed by atoms with van der Waals surface area (Å²) in [6.07, 6.45) is 2.81. The predicted octanol–water partition coefficient (Wildman–Crippen LogP) is 3.09. The number of aromatic nitrogens is 4. The van der Waals surface area contributed by atoms with E-state index in [0.717, 1.165) is 35.8 Å². The summed E-state index contributed by atoms with van der Waals surface area (Å²) >= 11 is 0. The normalized spacial score (nSPS) is 16.3. The van der Waals surface area contributed by atoms with Crippen LogP contribution < -0.4 is 14.5 Å². The Labute approximate surface area is 180 Å². The lowest BCUT2D eigenvalue weighted by Gasteiger charge is -2.41. The fraction of sp³-hybridized carbons (Fsp3) is 0.318. The molecule has 9 nitrogen and oxygen atoms in total. The number of hydrogen-bond acceptors (Lipinski definition) is 8. The van der Waals surface area contributed by atoms with E-state index in [1.165, 1.54) is 12.4 Å². The maximum Gasteiger partial charge on any atom is 0.356 e. The van der Waals surface area contributed by atoms with Gasteiger partial charge in [0.1, 0.15) is 11.6 Å². The molecule has 0 aliphatic carbocycles. The van der Waals surface area contributed by atoms with Gasteiger partial charge < -0.3 is 19.6 Å². The molecule has 1 aliphatic rings.